The third-order valence-corrected chi connectivity index (χ3v) is 7.68. The van der Waals surface area contributed by atoms with Crippen LogP contribution in [0.4, 0.5) is 5.82 Å². The molecule has 14 heteroatoms. The molecule has 1 saturated heterocycles. The Kier molecular flexibility index (Phi) is 8.07. The molecule has 0 bridgehead atoms. The number of esters is 1. The number of benzene rings is 1. The molecule has 3 aromatic rings. The SMILES string of the molecule is CC(C)OC(=O)[C@H](C)N[P@@](=O)(OC[C@H]1O[C@@H](c2cnn3c(N)ccnc23)[C@](C)(N)[C@@H]1O)Oc1ccccc1. The van der Waals surface area contributed by atoms with Gasteiger partial charge in [0.15, 0.2) is 5.65 Å². The number of anilines is 1. The van der Waals surface area contributed by atoms with Crippen LogP contribution in [0.5, 0.6) is 5.75 Å². The van der Waals surface area contributed by atoms with Gasteiger partial charge in [-0.3, -0.25) is 9.32 Å². The molecule has 2 aromatic heterocycles. The molecule has 0 unspecified atom stereocenters. The highest BCUT2D eigenvalue weighted by atomic mass is 31.2. The lowest BCUT2D eigenvalue weighted by Gasteiger charge is -2.28. The molecule has 1 aliphatic rings. The number of aliphatic hydroxyl groups excluding tert-OH is 1. The van der Waals surface area contributed by atoms with Crippen LogP contribution in [-0.4, -0.2) is 62.2 Å². The molecule has 206 valence electrons. The number of hydrogen-bond donors (Lipinski definition) is 4. The number of nitrogens with zero attached hydrogens (tertiary/aromatic N) is 3. The molecule has 0 aliphatic carbocycles. The van der Waals surface area contributed by atoms with E-state index in [1.165, 1.54) is 23.8 Å². The smallest absolute Gasteiger partial charge is 0.459 e. The average Bonchev–Trinajstić information content (AvgIpc) is 3.37. The summed E-state index contributed by atoms with van der Waals surface area (Å²) in [6.45, 7) is 6.14. The van der Waals surface area contributed by atoms with Gasteiger partial charge in [0.2, 0.25) is 0 Å². The number of para-hydroxylation sites is 1. The van der Waals surface area contributed by atoms with Crippen molar-refractivity contribution in [2.75, 3.05) is 12.3 Å². The first-order valence-corrected chi connectivity index (χ1v) is 13.6. The van der Waals surface area contributed by atoms with Gasteiger partial charge in [-0.05, 0) is 45.9 Å². The Hall–Kier alpha value is -3.06. The van der Waals surface area contributed by atoms with Gasteiger partial charge in [0, 0.05) is 11.8 Å². The van der Waals surface area contributed by atoms with Crippen LogP contribution >= 0.6 is 7.75 Å². The molecule has 0 saturated carbocycles. The number of fused-ring (bicyclic) bond motifs is 1. The fraction of sp³-hybridized carbons (Fsp3) is 0.458. The molecule has 6 N–H and O–H groups in total. The number of carbonyl (C=O) groups is 1. The van der Waals surface area contributed by atoms with Crippen LogP contribution in [0.1, 0.15) is 39.4 Å². The quantitative estimate of drug-likeness (QED) is 0.213. The second-order valence-electron chi connectivity index (χ2n) is 9.60. The van der Waals surface area contributed by atoms with Crippen LogP contribution in [0.15, 0.2) is 48.8 Å². The lowest BCUT2D eigenvalue weighted by molar-refractivity contribution is -0.149. The van der Waals surface area contributed by atoms with Gasteiger partial charge in [-0.25, -0.2) is 9.55 Å². The van der Waals surface area contributed by atoms with Crippen LogP contribution in [0.2, 0.25) is 0 Å². The number of nitrogens with one attached hydrogen (secondary N) is 1. The summed E-state index contributed by atoms with van der Waals surface area (Å²) in [5.74, 6) is -0.0158. The summed E-state index contributed by atoms with van der Waals surface area (Å²) in [5.41, 5.74) is 12.1. The van der Waals surface area contributed by atoms with Gasteiger partial charge < -0.3 is 30.6 Å². The Morgan fingerprint density at radius 2 is 2.00 bits per heavy atom. The van der Waals surface area contributed by atoms with Crippen LogP contribution in [0.25, 0.3) is 5.65 Å². The zero-order chi connectivity index (χ0) is 27.7. The van der Waals surface area contributed by atoms with Crippen molar-refractivity contribution in [3.63, 3.8) is 0 Å². The molecular formula is C24H33N6O7P. The minimum absolute atomic E-state index is 0.247. The first-order valence-electron chi connectivity index (χ1n) is 12.1. The number of carbonyl (C=O) groups excluding carboxylic acids is 1. The molecule has 38 heavy (non-hydrogen) atoms. The van der Waals surface area contributed by atoms with Crippen molar-refractivity contribution in [1.82, 2.24) is 19.7 Å². The van der Waals surface area contributed by atoms with Crippen molar-refractivity contribution in [3.8, 4) is 5.75 Å². The molecule has 0 amide bonds. The van der Waals surface area contributed by atoms with Gasteiger partial charge in [-0.15, -0.1) is 0 Å². The number of ether oxygens (including phenoxy) is 2. The standard InChI is InChI=1S/C24H33N6O7P/c1-14(2)35-23(32)15(3)29-38(33,37-16-8-6-5-7-9-16)34-13-18-20(31)24(4,26)21(36-18)17-12-28-30-19(25)10-11-27-22(17)30/h5-12,14-15,18,20-21,31H,13,25-26H2,1-4H3,(H,29,33)/t15-,18+,20+,21-,24+,38+/m0/s1. The van der Waals surface area contributed by atoms with E-state index in [9.17, 15) is 14.5 Å². The third kappa shape index (κ3) is 5.83. The fourth-order valence-electron chi connectivity index (χ4n) is 4.11. The van der Waals surface area contributed by atoms with Crippen LogP contribution in [-0.2, 0) is 23.4 Å². The molecule has 1 aromatic carbocycles. The number of aliphatic hydroxyl groups is 1. The first-order chi connectivity index (χ1) is 17.9. The Labute approximate surface area is 220 Å². The van der Waals surface area contributed by atoms with Crippen molar-refractivity contribution in [2.45, 2.75) is 63.7 Å². The van der Waals surface area contributed by atoms with Crippen molar-refractivity contribution in [3.05, 3.63) is 54.4 Å². The lowest BCUT2D eigenvalue weighted by Crippen LogP contribution is -2.51. The molecule has 0 spiro atoms. The molecule has 4 rings (SSSR count). The van der Waals surface area contributed by atoms with Crippen molar-refractivity contribution < 1.29 is 33.0 Å². The van der Waals surface area contributed by atoms with E-state index in [0.29, 0.717) is 17.0 Å². The van der Waals surface area contributed by atoms with Gasteiger partial charge in [0.25, 0.3) is 0 Å². The monoisotopic (exact) mass is 548 g/mol. The summed E-state index contributed by atoms with van der Waals surface area (Å²) in [7, 11) is -4.17. The predicted octanol–water partition coefficient (Wildman–Crippen LogP) is 1.96. The minimum atomic E-state index is -4.17. The van der Waals surface area contributed by atoms with Crippen LogP contribution in [0.3, 0.4) is 0 Å². The highest BCUT2D eigenvalue weighted by molar-refractivity contribution is 7.52. The van der Waals surface area contributed by atoms with E-state index in [1.807, 2.05) is 0 Å². The highest BCUT2D eigenvalue weighted by Gasteiger charge is 2.53. The van der Waals surface area contributed by atoms with Crippen LogP contribution < -0.4 is 21.1 Å². The maximum absolute atomic E-state index is 13.8. The summed E-state index contributed by atoms with van der Waals surface area (Å²) in [6, 6.07) is 8.91. The van der Waals surface area contributed by atoms with E-state index < -0.39 is 43.6 Å². The number of nitrogen functional groups attached to an aromatic ring is 1. The van der Waals surface area contributed by atoms with E-state index in [-0.39, 0.29) is 18.5 Å². The zero-order valence-electron chi connectivity index (χ0n) is 21.6. The molecule has 0 radical (unpaired) electrons. The molecule has 13 nitrogen and oxygen atoms in total. The zero-order valence-corrected chi connectivity index (χ0v) is 22.4. The van der Waals surface area contributed by atoms with Crippen molar-refractivity contribution in [2.24, 2.45) is 5.73 Å². The Balaban J connectivity index is 1.54. The second-order valence-corrected chi connectivity index (χ2v) is 11.3. The van der Waals surface area contributed by atoms with E-state index in [0.717, 1.165) is 0 Å². The van der Waals surface area contributed by atoms with Gasteiger partial charge in [0.1, 0.15) is 35.9 Å². The Morgan fingerprint density at radius 1 is 1.29 bits per heavy atom. The largest absolute Gasteiger partial charge is 0.462 e. The fourth-order valence-corrected chi connectivity index (χ4v) is 5.61. The Bertz CT molecular complexity index is 1320. The summed E-state index contributed by atoms with van der Waals surface area (Å²) < 4.78 is 37.8. The molecule has 3 heterocycles. The average molecular weight is 549 g/mol. The number of hydrogen-bond acceptors (Lipinski definition) is 11. The summed E-state index contributed by atoms with van der Waals surface area (Å²) in [4.78, 5) is 16.7. The minimum Gasteiger partial charge on any atom is -0.462 e. The number of rotatable bonds is 10. The Morgan fingerprint density at radius 3 is 2.68 bits per heavy atom. The molecule has 6 atom stereocenters. The maximum atomic E-state index is 13.8. The summed E-state index contributed by atoms with van der Waals surface area (Å²) >= 11 is 0. The van der Waals surface area contributed by atoms with E-state index in [1.54, 1.807) is 57.2 Å². The summed E-state index contributed by atoms with van der Waals surface area (Å²) in [5, 5.41) is 17.9. The van der Waals surface area contributed by atoms with Gasteiger partial charge in [0.05, 0.1) is 24.4 Å². The van der Waals surface area contributed by atoms with Crippen molar-refractivity contribution >= 4 is 25.2 Å². The summed E-state index contributed by atoms with van der Waals surface area (Å²) in [6.07, 6.45) is -0.370. The topological polar surface area (TPSA) is 186 Å². The number of aromatic nitrogens is 3. The molecule has 1 fully saturated rings. The molecular weight excluding hydrogens is 515 g/mol. The van der Waals surface area contributed by atoms with Gasteiger partial charge in [-0.1, -0.05) is 18.2 Å². The second kappa shape index (κ2) is 11.0. The first kappa shape index (κ1) is 28.0. The van der Waals surface area contributed by atoms with Gasteiger partial charge >= 0.3 is 13.7 Å². The predicted molar refractivity (Wildman–Crippen MR) is 138 cm³/mol. The van der Waals surface area contributed by atoms with Crippen molar-refractivity contribution in [1.29, 1.82) is 0 Å². The number of nitrogens with two attached hydrogens (primary N) is 2. The van der Waals surface area contributed by atoms with Gasteiger partial charge in [-0.2, -0.15) is 14.7 Å². The van der Waals surface area contributed by atoms with Crippen LogP contribution in [0, 0.1) is 0 Å². The van der Waals surface area contributed by atoms with E-state index in [2.05, 4.69) is 15.2 Å². The molecule has 1 aliphatic heterocycles. The third-order valence-electron chi connectivity index (χ3n) is 6.04. The highest BCUT2D eigenvalue weighted by Crippen LogP contribution is 2.47. The van der Waals surface area contributed by atoms with E-state index in [4.69, 9.17) is 30.0 Å². The lowest BCUT2D eigenvalue weighted by atomic mass is 9.87. The van der Waals surface area contributed by atoms with E-state index >= 15 is 0 Å². The normalized spacial score (nSPS) is 25.8. The maximum Gasteiger partial charge on any atom is 0.459 e.